The highest BCUT2D eigenvalue weighted by atomic mass is 16.5. The monoisotopic (exact) mass is 276 g/mol. The van der Waals surface area contributed by atoms with E-state index in [0.29, 0.717) is 18.8 Å². The van der Waals surface area contributed by atoms with Gasteiger partial charge in [0.2, 0.25) is 5.91 Å². The fourth-order valence-corrected chi connectivity index (χ4v) is 2.19. The summed E-state index contributed by atoms with van der Waals surface area (Å²) in [6.45, 7) is 5.00. The molecule has 1 aliphatic rings. The summed E-state index contributed by atoms with van der Waals surface area (Å²) >= 11 is 0. The Hall–Kier alpha value is -2.04. The molecule has 0 radical (unpaired) electrons. The number of hydrogen-bond donors (Lipinski definition) is 1. The number of ether oxygens (including phenoxy) is 1. The number of nitrogens with zero attached hydrogens (tertiary/aromatic N) is 1. The van der Waals surface area contributed by atoms with Gasteiger partial charge in [-0.2, -0.15) is 0 Å². The molecule has 1 fully saturated rings. The molecule has 1 aromatic carbocycles. The van der Waals surface area contributed by atoms with E-state index in [9.17, 15) is 9.59 Å². The van der Waals surface area contributed by atoms with Gasteiger partial charge in [0.15, 0.2) is 6.10 Å². The maximum Gasteiger partial charge on any atom is 0.263 e. The summed E-state index contributed by atoms with van der Waals surface area (Å²) < 4.78 is 5.66. The highest BCUT2D eigenvalue weighted by molar-refractivity contribution is 5.87. The lowest BCUT2D eigenvalue weighted by Gasteiger charge is -2.23. The first-order chi connectivity index (χ1) is 9.56. The zero-order valence-corrected chi connectivity index (χ0v) is 11.9. The van der Waals surface area contributed by atoms with E-state index in [-0.39, 0.29) is 18.4 Å². The molecular weight excluding hydrogens is 256 g/mol. The minimum absolute atomic E-state index is 0.111. The molecular formula is C15H20N2O3. The Kier molecular flexibility index (Phi) is 4.61. The maximum atomic E-state index is 12.3. The summed E-state index contributed by atoms with van der Waals surface area (Å²) in [5, 5.41) is 2.75. The first-order valence-corrected chi connectivity index (χ1v) is 6.85. The third-order valence-electron chi connectivity index (χ3n) is 3.22. The van der Waals surface area contributed by atoms with Crippen molar-refractivity contribution in [3.8, 4) is 5.75 Å². The summed E-state index contributed by atoms with van der Waals surface area (Å²) in [6, 6.07) is 7.57. The van der Waals surface area contributed by atoms with E-state index in [1.165, 1.54) is 0 Å². The lowest BCUT2D eigenvalue weighted by atomic mass is 10.2. The molecule has 1 aromatic rings. The van der Waals surface area contributed by atoms with Gasteiger partial charge in [-0.3, -0.25) is 9.59 Å². The Labute approximate surface area is 118 Å². The molecule has 1 unspecified atom stereocenters. The van der Waals surface area contributed by atoms with E-state index in [1.54, 1.807) is 11.8 Å². The molecule has 20 heavy (non-hydrogen) atoms. The van der Waals surface area contributed by atoms with Crippen molar-refractivity contribution in [3.63, 3.8) is 0 Å². The van der Waals surface area contributed by atoms with Gasteiger partial charge in [0.1, 0.15) is 5.75 Å². The third kappa shape index (κ3) is 3.73. The van der Waals surface area contributed by atoms with Gasteiger partial charge >= 0.3 is 0 Å². The van der Waals surface area contributed by atoms with E-state index in [1.807, 2.05) is 31.2 Å². The SMILES string of the molecule is Cc1cccc(OC(C)C(=O)N2CCCNC(=O)C2)c1. The average molecular weight is 276 g/mol. The lowest BCUT2D eigenvalue weighted by molar-refractivity contribution is -0.140. The molecule has 2 rings (SSSR count). The molecule has 1 heterocycles. The van der Waals surface area contributed by atoms with E-state index in [2.05, 4.69) is 5.32 Å². The third-order valence-corrected chi connectivity index (χ3v) is 3.22. The van der Waals surface area contributed by atoms with Crippen LogP contribution < -0.4 is 10.1 Å². The van der Waals surface area contributed by atoms with Crippen LogP contribution >= 0.6 is 0 Å². The van der Waals surface area contributed by atoms with Gasteiger partial charge in [-0.05, 0) is 38.0 Å². The van der Waals surface area contributed by atoms with Crippen molar-refractivity contribution in [2.45, 2.75) is 26.4 Å². The second kappa shape index (κ2) is 6.41. The van der Waals surface area contributed by atoms with Crippen molar-refractivity contribution in [3.05, 3.63) is 29.8 Å². The summed E-state index contributed by atoms with van der Waals surface area (Å²) in [4.78, 5) is 25.3. The zero-order valence-electron chi connectivity index (χ0n) is 11.9. The minimum Gasteiger partial charge on any atom is -0.481 e. The van der Waals surface area contributed by atoms with Crippen LogP contribution in [-0.4, -0.2) is 42.5 Å². The van der Waals surface area contributed by atoms with Crippen LogP contribution in [0.4, 0.5) is 0 Å². The minimum atomic E-state index is -0.595. The van der Waals surface area contributed by atoms with E-state index in [4.69, 9.17) is 4.74 Å². The number of aryl methyl sites for hydroxylation is 1. The van der Waals surface area contributed by atoms with Crippen molar-refractivity contribution in [2.24, 2.45) is 0 Å². The molecule has 0 spiro atoms. The number of benzene rings is 1. The molecule has 1 aliphatic heterocycles. The molecule has 5 heteroatoms. The number of carbonyl (C=O) groups excluding carboxylic acids is 2. The maximum absolute atomic E-state index is 12.3. The Morgan fingerprint density at radius 3 is 3.00 bits per heavy atom. The highest BCUT2D eigenvalue weighted by Gasteiger charge is 2.25. The molecule has 0 aromatic heterocycles. The van der Waals surface area contributed by atoms with Gasteiger partial charge in [0.05, 0.1) is 6.54 Å². The number of rotatable bonds is 3. The smallest absolute Gasteiger partial charge is 0.263 e. The van der Waals surface area contributed by atoms with Crippen molar-refractivity contribution in [1.29, 1.82) is 0 Å². The van der Waals surface area contributed by atoms with Crippen LogP contribution in [0.2, 0.25) is 0 Å². The van der Waals surface area contributed by atoms with Gasteiger partial charge in [0, 0.05) is 13.1 Å². The van der Waals surface area contributed by atoms with Crippen LogP contribution in [0.25, 0.3) is 0 Å². The van der Waals surface area contributed by atoms with Crippen LogP contribution in [0.5, 0.6) is 5.75 Å². The van der Waals surface area contributed by atoms with Crippen LogP contribution in [0.1, 0.15) is 18.9 Å². The van der Waals surface area contributed by atoms with Crippen LogP contribution in [0.15, 0.2) is 24.3 Å². The summed E-state index contributed by atoms with van der Waals surface area (Å²) in [5.41, 5.74) is 1.08. The largest absolute Gasteiger partial charge is 0.481 e. The first kappa shape index (κ1) is 14.4. The number of nitrogens with one attached hydrogen (secondary N) is 1. The first-order valence-electron chi connectivity index (χ1n) is 6.85. The van der Waals surface area contributed by atoms with Gasteiger partial charge in [-0.25, -0.2) is 0 Å². The van der Waals surface area contributed by atoms with E-state index < -0.39 is 6.10 Å². The second-order valence-electron chi connectivity index (χ2n) is 5.04. The molecule has 0 aliphatic carbocycles. The van der Waals surface area contributed by atoms with Gasteiger partial charge in [-0.1, -0.05) is 12.1 Å². The summed E-state index contributed by atoms with van der Waals surface area (Å²) in [6.07, 6.45) is 0.178. The van der Waals surface area contributed by atoms with Gasteiger partial charge < -0.3 is 15.0 Å². The fraction of sp³-hybridized carbons (Fsp3) is 0.467. The van der Waals surface area contributed by atoms with Crippen molar-refractivity contribution in [2.75, 3.05) is 19.6 Å². The lowest BCUT2D eigenvalue weighted by Crippen LogP contribution is -2.43. The normalized spacial score (nSPS) is 17.1. The quantitative estimate of drug-likeness (QED) is 0.899. The Bertz CT molecular complexity index is 502. The Morgan fingerprint density at radius 2 is 2.25 bits per heavy atom. The van der Waals surface area contributed by atoms with E-state index >= 15 is 0 Å². The molecule has 108 valence electrons. The number of hydrogen-bond acceptors (Lipinski definition) is 3. The molecule has 0 saturated carbocycles. The van der Waals surface area contributed by atoms with Crippen molar-refractivity contribution >= 4 is 11.8 Å². The number of amides is 2. The van der Waals surface area contributed by atoms with Crippen molar-refractivity contribution < 1.29 is 14.3 Å². The van der Waals surface area contributed by atoms with Crippen molar-refractivity contribution in [1.82, 2.24) is 10.2 Å². The van der Waals surface area contributed by atoms with Crippen LogP contribution in [0, 0.1) is 6.92 Å². The molecule has 5 nitrogen and oxygen atoms in total. The van der Waals surface area contributed by atoms with Crippen LogP contribution in [-0.2, 0) is 9.59 Å². The van der Waals surface area contributed by atoms with Gasteiger partial charge in [-0.15, -0.1) is 0 Å². The predicted octanol–water partition coefficient (Wildman–Crippen LogP) is 1.11. The Balaban J connectivity index is 1.99. The molecule has 1 saturated heterocycles. The number of carbonyl (C=O) groups is 2. The summed E-state index contributed by atoms with van der Waals surface area (Å²) in [5.74, 6) is 0.410. The second-order valence-corrected chi connectivity index (χ2v) is 5.04. The van der Waals surface area contributed by atoms with E-state index in [0.717, 1.165) is 12.0 Å². The van der Waals surface area contributed by atoms with Crippen LogP contribution in [0.3, 0.4) is 0 Å². The van der Waals surface area contributed by atoms with Gasteiger partial charge in [0.25, 0.3) is 5.91 Å². The molecule has 1 atom stereocenters. The highest BCUT2D eigenvalue weighted by Crippen LogP contribution is 2.15. The zero-order chi connectivity index (χ0) is 14.5. The molecule has 1 N–H and O–H groups in total. The molecule has 2 amide bonds. The molecule has 0 bridgehead atoms. The predicted molar refractivity (Wildman–Crippen MR) is 75.5 cm³/mol. The topological polar surface area (TPSA) is 58.6 Å². The Morgan fingerprint density at radius 1 is 1.45 bits per heavy atom. The summed E-state index contributed by atoms with van der Waals surface area (Å²) in [7, 11) is 0. The fourth-order valence-electron chi connectivity index (χ4n) is 2.19. The standard InChI is InChI=1S/C15H20N2O3/c1-11-5-3-6-13(9-11)20-12(2)15(19)17-8-4-7-16-14(18)10-17/h3,5-6,9,12H,4,7-8,10H2,1-2H3,(H,16,18). The average Bonchev–Trinajstić information content (AvgIpc) is 2.62.